The zero-order chi connectivity index (χ0) is 15.6. The highest BCUT2D eigenvalue weighted by molar-refractivity contribution is 5.90. The number of alkyl halides is 3. The maximum atomic E-state index is 13.0. The van der Waals surface area contributed by atoms with Crippen LogP contribution in [0.25, 0.3) is 11.3 Å². The number of carbonyl (C=O) groups is 1. The smallest absolute Gasteiger partial charge is 0.417 e. The molecule has 0 aliphatic heterocycles. The van der Waals surface area contributed by atoms with Gasteiger partial charge >= 0.3 is 12.1 Å². The molecule has 0 aliphatic carbocycles. The second kappa shape index (κ2) is 5.43. The lowest BCUT2D eigenvalue weighted by atomic mass is 10.0. The minimum absolute atomic E-state index is 0.00947. The summed E-state index contributed by atoms with van der Waals surface area (Å²) in [4.78, 5) is 14.8. The lowest BCUT2D eigenvalue weighted by Gasteiger charge is -2.13. The molecule has 110 valence electrons. The van der Waals surface area contributed by atoms with Crippen LogP contribution in [0.5, 0.6) is 5.88 Å². The first-order chi connectivity index (χ1) is 9.84. The van der Waals surface area contributed by atoms with E-state index in [1.165, 1.54) is 31.4 Å². The summed E-state index contributed by atoms with van der Waals surface area (Å²) in [5.41, 5.74) is -1.21. The molecule has 0 saturated heterocycles. The van der Waals surface area contributed by atoms with Crippen LogP contribution >= 0.6 is 0 Å². The van der Waals surface area contributed by atoms with Crippen LogP contribution in [0, 0.1) is 0 Å². The first-order valence-electron chi connectivity index (χ1n) is 5.79. The highest BCUT2D eigenvalue weighted by Crippen LogP contribution is 2.36. The Morgan fingerprint density at radius 2 is 1.86 bits per heavy atom. The zero-order valence-corrected chi connectivity index (χ0v) is 10.8. The Hall–Kier alpha value is -2.57. The molecule has 0 atom stereocenters. The number of pyridine rings is 1. The third-order valence-electron chi connectivity index (χ3n) is 2.79. The van der Waals surface area contributed by atoms with Gasteiger partial charge in [0.1, 0.15) is 5.56 Å². The van der Waals surface area contributed by atoms with E-state index in [1.807, 2.05) is 0 Å². The lowest BCUT2D eigenvalue weighted by Crippen LogP contribution is -2.08. The van der Waals surface area contributed by atoms with Gasteiger partial charge in [0.25, 0.3) is 0 Å². The summed E-state index contributed by atoms with van der Waals surface area (Å²) < 4.78 is 43.7. The van der Waals surface area contributed by atoms with Gasteiger partial charge in [0.05, 0.1) is 18.4 Å². The van der Waals surface area contributed by atoms with E-state index in [2.05, 4.69) is 4.98 Å². The molecular formula is C14H10F3NO3. The standard InChI is InChI=1S/C14H10F3NO3/c1-21-12-9(13(19)20)6-7-11(18-12)8-4-2-3-5-10(8)14(15,16)17/h2-7H,1H3,(H,19,20). The lowest BCUT2D eigenvalue weighted by molar-refractivity contribution is -0.137. The topological polar surface area (TPSA) is 59.4 Å². The number of aromatic carboxylic acids is 1. The van der Waals surface area contributed by atoms with Crippen molar-refractivity contribution in [2.75, 3.05) is 7.11 Å². The molecule has 0 fully saturated rings. The maximum Gasteiger partial charge on any atom is 0.417 e. The number of carboxylic acid groups (broad SMARTS) is 1. The van der Waals surface area contributed by atoms with Crippen LogP contribution in [0.3, 0.4) is 0 Å². The van der Waals surface area contributed by atoms with Gasteiger partial charge in [-0.25, -0.2) is 9.78 Å². The van der Waals surface area contributed by atoms with E-state index in [0.717, 1.165) is 12.1 Å². The molecule has 0 saturated carbocycles. The quantitative estimate of drug-likeness (QED) is 0.942. The second-order valence-electron chi connectivity index (χ2n) is 4.10. The summed E-state index contributed by atoms with van der Waals surface area (Å²) in [5, 5.41) is 8.94. The summed E-state index contributed by atoms with van der Waals surface area (Å²) in [7, 11) is 1.20. The predicted octanol–water partition coefficient (Wildman–Crippen LogP) is 3.47. The second-order valence-corrected chi connectivity index (χ2v) is 4.10. The van der Waals surface area contributed by atoms with Crippen LogP contribution in [0.1, 0.15) is 15.9 Å². The number of halogens is 3. The maximum absolute atomic E-state index is 13.0. The van der Waals surface area contributed by atoms with Crippen molar-refractivity contribution in [3.05, 3.63) is 47.5 Å². The average Bonchev–Trinajstić information content (AvgIpc) is 2.45. The third-order valence-corrected chi connectivity index (χ3v) is 2.79. The SMILES string of the molecule is COc1nc(-c2ccccc2C(F)(F)F)ccc1C(=O)O. The number of hydrogen-bond donors (Lipinski definition) is 1. The Morgan fingerprint density at radius 1 is 1.19 bits per heavy atom. The first-order valence-corrected chi connectivity index (χ1v) is 5.79. The fraction of sp³-hybridized carbons (Fsp3) is 0.143. The molecule has 1 aromatic carbocycles. The van der Waals surface area contributed by atoms with E-state index in [4.69, 9.17) is 9.84 Å². The van der Waals surface area contributed by atoms with E-state index in [9.17, 15) is 18.0 Å². The molecular weight excluding hydrogens is 287 g/mol. The van der Waals surface area contributed by atoms with Crippen LogP contribution in [-0.2, 0) is 6.18 Å². The average molecular weight is 297 g/mol. The van der Waals surface area contributed by atoms with Crippen LogP contribution < -0.4 is 4.74 Å². The van der Waals surface area contributed by atoms with Crippen molar-refractivity contribution in [2.24, 2.45) is 0 Å². The molecule has 0 amide bonds. The predicted molar refractivity (Wildman–Crippen MR) is 68.2 cm³/mol. The van der Waals surface area contributed by atoms with Gasteiger partial charge in [0.2, 0.25) is 5.88 Å². The molecule has 0 bridgehead atoms. The number of nitrogens with zero attached hydrogens (tertiary/aromatic N) is 1. The summed E-state index contributed by atoms with van der Waals surface area (Å²) in [5.74, 6) is -1.51. The molecule has 0 radical (unpaired) electrons. The monoisotopic (exact) mass is 297 g/mol. The molecule has 1 aromatic heterocycles. The molecule has 1 heterocycles. The van der Waals surface area contributed by atoms with Gasteiger partial charge in [-0.05, 0) is 18.2 Å². The van der Waals surface area contributed by atoms with Crippen LogP contribution in [-0.4, -0.2) is 23.2 Å². The minimum atomic E-state index is -4.53. The van der Waals surface area contributed by atoms with Gasteiger partial charge in [0.15, 0.2) is 0 Å². The van der Waals surface area contributed by atoms with Crippen molar-refractivity contribution >= 4 is 5.97 Å². The third kappa shape index (κ3) is 2.96. The number of benzene rings is 1. The van der Waals surface area contributed by atoms with E-state index in [-0.39, 0.29) is 22.7 Å². The van der Waals surface area contributed by atoms with Crippen molar-refractivity contribution in [3.63, 3.8) is 0 Å². The molecule has 4 nitrogen and oxygen atoms in total. The van der Waals surface area contributed by atoms with Crippen LogP contribution in [0.2, 0.25) is 0 Å². The first kappa shape index (κ1) is 14.8. The van der Waals surface area contributed by atoms with Crippen molar-refractivity contribution in [3.8, 4) is 17.1 Å². The van der Waals surface area contributed by atoms with Gasteiger partial charge in [-0.15, -0.1) is 0 Å². The highest BCUT2D eigenvalue weighted by atomic mass is 19.4. The summed E-state index contributed by atoms with van der Waals surface area (Å²) in [6, 6.07) is 7.31. The molecule has 21 heavy (non-hydrogen) atoms. The Bertz CT molecular complexity index is 683. The largest absolute Gasteiger partial charge is 0.480 e. The molecule has 7 heteroatoms. The summed E-state index contributed by atoms with van der Waals surface area (Å²) in [6.45, 7) is 0. The molecule has 2 rings (SSSR count). The Labute approximate surface area is 117 Å². The number of carboxylic acids is 1. The summed E-state index contributed by atoms with van der Waals surface area (Å²) >= 11 is 0. The van der Waals surface area contributed by atoms with Crippen molar-refractivity contribution in [1.82, 2.24) is 4.98 Å². The Kier molecular flexibility index (Phi) is 3.84. The number of ether oxygens (including phenoxy) is 1. The highest BCUT2D eigenvalue weighted by Gasteiger charge is 2.33. The van der Waals surface area contributed by atoms with E-state index in [0.29, 0.717) is 0 Å². The number of hydrogen-bond acceptors (Lipinski definition) is 3. The van der Waals surface area contributed by atoms with Gasteiger partial charge in [-0.2, -0.15) is 13.2 Å². The van der Waals surface area contributed by atoms with Gasteiger partial charge in [0, 0.05) is 5.56 Å². The minimum Gasteiger partial charge on any atom is -0.480 e. The number of aromatic nitrogens is 1. The normalized spacial score (nSPS) is 11.2. The Morgan fingerprint density at radius 3 is 2.43 bits per heavy atom. The fourth-order valence-electron chi connectivity index (χ4n) is 1.86. The van der Waals surface area contributed by atoms with Crippen molar-refractivity contribution in [2.45, 2.75) is 6.18 Å². The Balaban J connectivity index is 2.61. The fourth-order valence-corrected chi connectivity index (χ4v) is 1.86. The van der Waals surface area contributed by atoms with Gasteiger partial charge in [-0.3, -0.25) is 0 Å². The van der Waals surface area contributed by atoms with Crippen molar-refractivity contribution < 1.29 is 27.8 Å². The molecule has 0 spiro atoms. The van der Waals surface area contributed by atoms with E-state index >= 15 is 0 Å². The van der Waals surface area contributed by atoms with Crippen LogP contribution in [0.4, 0.5) is 13.2 Å². The molecule has 2 aromatic rings. The molecule has 1 N–H and O–H groups in total. The summed E-state index contributed by atoms with van der Waals surface area (Å²) in [6.07, 6.45) is -4.53. The zero-order valence-electron chi connectivity index (χ0n) is 10.8. The number of rotatable bonds is 3. The van der Waals surface area contributed by atoms with E-state index < -0.39 is 17.7 Å². The van der Waals surface area contributed by atoms with Crippen molar-refractivity contribution in [1.29, 1.82) is 0 Å². The van der Waals surface area contributed by atoms with Crippen LogP contribution in [0.15, 0.2) is 36.4 Å². The molecule has 0 aliphatic rings. The van der Waals surface area contributed by atoms with Gasteiger partial charge in [-0.1, -0.05) is 18.2 Å². The van der Waals surface area contributed by atoms with E-state index in [1.54, 1.807) is 0 Å². The van der Waals surface area contributed by atoms with Gasteiger partial charge < -0.3 is 9.84 Å². The number of methoxy groups -OCH3 is 1. The molecule has 0 unspecified atom stereocenters.